The van der Waals surface area contributed by atoms with Crippen molar-refractivity contribution in [2.24, 2.45) is 11.7 Å². The van der Waals surface area contributed by atoms with Gasteiger partial charge in [0.25, 0.3) is 0 Å². The lowest BCUT2D eigenvalue weighted by molar-refractivity contribution is 0.542. The van der Waals surface area contributed by atoms with Crippen LogP contribution in [0.1, 0.15) is 25.3 Å². The first-order chi connectivity index (χ1) is 8.41. The third-order valence-corrected chi connectivity index (χ3v) is 3.80. The van der Waals surface area contributed by atoms with Crippen LogP contribution < -0.4 is 10.6 Å². The summed E-state index contributed by atoms with van der Waals surface area (Å²) >= 11 is 4.72. The van der Waals surface area contributed by atoms with Gasteiger partial charge in [0.2, 0.25) is 0 Å². The molecule has 5 heteroatoms. The van der Waals surface area contributed by atoms with Crippen LogP contribution in [0.4, 0.5) is 14.5 Å². The van der Waals surface area contributed by atoms with E-state index in [0.29, 0.717) is 5.92 Å². The Morgan fingerprint density at radius 1 is 1.39 bits per heavy atom. The second kappa shape index (κ2) is 4.80. The van der Waals surface area contributed by atoms with Crippen LogP contribution in [0, 0.1) is 17.6 Å². The van der Waals surface area contributed by atoms with Crippen molar-refractivity contribution < 1.29 is 8.78 Å². The average Bonchev–Trinajstić information content (AvgIpc) is 3.10. The number of thiocarbonyl (C=S) groups is 1. The zero-order chi connectivity index (χ0) is 13.4. The van der Waals surface area contributed by atoms with Crippen molar-refractivity contribution in [1.29, 1.82) is 0 Å². The summed E-state index contributed by atoms with van der Waals surface area (Å²) in [6.45, 7) is 1.98. The predicted molar refractivity (Wildman–Crippen MR) is 72.8 cm³/mol. The number of anilines is 1. The lowest BCUT2D eigenvalue weighted by atomic mass is 10.1. The number of nitrogens with zero attached hydrogens (tertiary/aromatic N) is 1. The molecule has 0 aliphatic heterocycles. The number of halogens is 2. The fraction of sp³-hybridized carbons (Fsp3) is 0.462. The van der Waals surface area contributed by atoms with Gasteiger partial charge >= 0.3 is 0 Å². The number of benzene rings is 1. The summed E-state index contributed by atoms with van der Waals surface area (Å²) in [4.78, 5) is 1.66. The van der Waals surface area contributed by atoms with E-state index in [0.717, 1.165) is 12.8 Å². The van der Waals surface area contributed by atoms with Crippen LogP contribution in [0.2, 0.25) is 0 Å². The van der Waals surface area contributed by atoms with Crippen LogP contribution in [0.15, 0.2) is 12.1 Å². The summed E-state index contributed by atoms with van der Waals surface area (Å²) in [6.07, 6.45) is 2.25. The van der Waals surface area contributed by atoms with E-state index >= 15 is 0 Å². The minimum atomic E-state index is -0.618. The van der Waals surface area contributed by atoms with Gasteiger partial charge in [-0.15, -0.1) is 0 Å². The van der Waals surface area contributed by atoms with Crippen LogP contribution >= 0.6 is 12.2 Å². The van der Waals surface area contributed by atoms with Gasteiger partial charge in [-0.05, 0) is 37.8 Å². The molecule has 1 saturated carbocycles. The molecule has 1 aliphatic rings. The zero-order valence-electron chi connectivity index (χ0n) is 10.4. The Balaban J connectivity index is 2.35. The average molecular weight is 270 g/mol. The molecule has 1 aromatic rings. The quantitative estimate of drug-likeness (QED) is 0.853. The molecule has 0 spiro atoms. The third kappa shape index (κ3) is 2.46. The molecule has 0 radical (unpaired) electrons. The zero-order valence-corrected chi connectivity index (χ0v) is 11.2. The van der Waals surface area contributed by atoms with E-state index in [-0.39, 0.29) is 22.3 Å². The van der Waals surface area contributed by atoms with Gasteiger partial charge in [-0.3, -0.25) is 0 Å². The minimum Gasteiger partial charge on any atom is -0.389 e. The molecule has 2 N–H and O–H groups in total. The molecule has 18 heavy (non-hydrogen) atoms. The maximum absolute atomic E-state index is 14.0. The minimum absolute atomic E-state index is 0.00255. The molecule has 0 saturated heterocycles. The Morgan fingerprint density at radius 2 is 1.89 bits per heavy atom. The molecule has 0 heterocycles. The molecule has 2 rings (SSSR count). The van der Waals surface area contributed by atoms with E-state index in [1.165, 1.54) is 12.1 Å². The van der Waals surface area contributed by atoms with Crippen molar-refractivity contribution in [3.05, 3.63) is 29.3 Å². The summed E-state index contributed by atoms with van der Waals surface area (Å²) in [6, 6.07) is 2.51. The van der Waals surface area contributed by atoms with E-state index in [4.69, 9.17) is 18.0 Å². The fourth-order valence-electron chi connectivity index (χ4n) is 2.14. The highest BCUT2D eigenvalue weighted by Crippen LogP contribution is 2.37. The topological polar surface area (TPSA) is 29.3 Å². The summed E-state index contributed by atoms with van der Waals surface area (Å²) in [7, 11) is 1.71. The maximum atomic E-state index is 14.0. The SMILES string of the molecule is CC(C1CC1)N(C)c1c(F)cc(C(N)=S)cc1F. The highest BCUT2D eigenvalue weighted by molar-refractivity contribution is 7.80. The van der Waals surface area contributed by atoms with Gasteiger partial charge in [-0.1, -0.05) is 12.2 Å². The van der Waals surface area contributed by atoms with Gasteiger partial charge in [-0.25, -0.2) is 8.78 Å². The summed E-state index contributed by atoms with van der Waals surface area (Å²) in [5.41, 5.74) is 5.59. The molecule has 1 aromatic carbocycles. The Morgan fingerprint density at radius 3 is 2.28 bits per heavy atom. The molecule has 0 bridgehead atoms. The highest BCUT2D eigenvalue weighted by Gasteiger charge is 2.32. The maximum Gasteiger partial charge on any atom is 0.150 e. The normalized spacial score (nSPS) is 16.4. The van der Waals surface area contributed by atoms with Crippen molar-refractivity contribution in [1.82, 2.24) is 0 Å². The molecule has 98 valence electrons. The Labute approximate surface area is 111 Å². The molecule has 1 atom stereocenters. The molecule has 0 aromatic heterocycles. The van der Waals surface area contributed by atoms with Crippen LogP contribution in [0.3, 0.4) is 0 Å². The van der Waals surface area contributed by atoms with E-state index in [9.17, 15) is 8.78 Å². The molecule has 1 unspecified atom stereocenters. The van der Waals surface area contributed by atoms with Gasteiger partial charge in [0.05, 0.1) is 0 Å². The lowest BCUT2D eigenvalue weighted by Gasteiger charge is -2.28. The Hall–Kier alpha value is -1.23. The second-order valence-corrected chi connectivity index (χ2v) is 5.28. The van der Waals surface area contributed by atoms with Gasteiger partial charge in [0, 0.05) is 18.7 Å². The first-order valence-corrected chi connectivity index (χ1v) is 6.34. The smallest absolute Gasteiger partial charge is 0.150 e. The fourth-order valence-corrected chi connectivity index (χ4v) is 2.26. The number of hydrogen-bond donors (Lipinski definition) is 1. The molecule has 1 aliphatic carbocycles. The summed E-state index contributed by atoms with van der Waals surface area (Å²) < 4.78 is 27.9. The Kier molecular flexibility index (Phi) is 3.52. The predicted octanol–water partition coefficient (Wildman–Crippen LogP) is 2.83. The Bertz CT molecular complexity index is 463. The van der Waals surface area contributed by atoms with Crippen molar-refractivity contribution in [2.45, 2.75) is 25.8 Å². The number of hydrogen-bond acceptors (Lipinski definition) is 2. The van der Waals surface area contributed by atoms with Crippen molar-refractivity contribution in [3.63, 3.8) is 0 Å². The van der Waals surface area contributed by atoms with Crippen LogP contribution in [-0.2, 0) is 0 Å². The summed E-state index contributed by atoms with van der Waals surface area (Å²) in [5, 5.41) is 0. The molecular formula is C13H16F2N2S. The van der Waals surface area contributed by atoms with Gasteiger partial charge < -0.3 is 10.6 Å². The number of rotatable bonds is 4. The van der Waals surface area contributed by atoms with Gasteiger partial charge in [-0.2, -0.15) is 0 Å². The van der Waals surface area contributed by atoms with Crippen molar-refractivity contribution in [2.75, 3.05) is 11.9 Å². The number of nitrogens with two attached hydrogens (primary N) is 1. The van der Waals surface area contributed by atoms with Gasteiger partial charge in [0.1, 0.15) is 22.3 Å². The van der Waals surface area contributed by atoms with Crippen LogP contribution in [-0.4, -0.2) is 18.1 Å². The van der Waals surface area contributed by atoms with E-state index in [1.54, 1.807) is 11.9 Å². The molecular weight excluding hydrogens is 254 g/mol. The van der Waals surface area contributed by atoms with Crippen molar-refractivity contribution >= 4 is 22.9 Å². The molecule has 0 amide bonds. The first kappa shape index (κ1) is 13.2. The molecule has 1 fully saturated rings. The van der Waals surface area contributed by atoms with Crippen molar-refractivity contribution in [3.8, 4) is 0 Å². The van der Waals surface area contributed by atoms with Crippen LogP contribution in [0.5, 0.6) is 0 Å². The second-order valence-electron chi connectivity index (χ2n) is 4.84. The first-order valence-electron chi connectivity index (χ1n) is 5.93. The standard InChI is InChI=1S/C13H16F2N2S/c1-7(8-3-4-8)17(2)12-10(14)5-9(13(16)18)6-11(12)15/h5-8H,3-4H2,1-2H3,(H2,16,18). The lowest BCUT2D eigenvalue weighted by Crippen LogP contribution is -2.32. The van der Waals surface area contributed by atoms with Crippen LogP contribution in [0.25, 0.3) is 0 Å². The summed E-state index contributed by atoms with van der Waals surface area (Å²) in [5.74, 6) is -0.704. The van der Waals surface area contributed by atoms with E-state index in [2.05, 4.69) is 0 Å². The highest BCUT2D eigenvalue weighted by atomic mass is 32.1. The third-order valence-electron chi connectivity index (χ3n) is 3.57. The molecule has 2 nitrogen and oxygen atoms in total. The monoisotopic (exact) mass is 270 g/mol. The van der Waals surface area contributed by atoms with E-state index < -0.39 is 11.6 Å². The van der Waals surface area contributed by atoms with E-state index in [1.807, 2.05) is 6.92 Å². The van der Waals surface area contributed by atoms with Gasteiger partial charge in [0.15, 0.2) is 0 Å². The largest absolute Gasteiger partial charge is 0.389 e.